The predicted octanol–water partition coefficient (Wildman–Crippen LogP) is 5.95. The normalized spacial score (nSPS) is 18.8. The van der Waals surface area contributed by atoms with E-state index in [1.54, 1.807) is 7.11 Å². The summed E-state index contributed by atoms with van der Waals surface area (Å²) in [4.78, 5) is 7.19. The Kier molecular flexibility index (Phi) is 5.36. The zero-order valence-corrected chi connectivity index (χ0v) is 16.6. The number of benzene rings is 2. The second-order valence-electron chi connectivity index (χ2n) is 7.84. The van der Waals surface area contributed by atoms with Crippen LogP contribution in [0.2, 0.25) is 0 Å². The molecule has 1 aliphatic heterocycles. The standard InChI is InChI=1S/C23H30N2O/c1-6-13-25-22-12-7-18(14-21(22)17(2)15-23(25,3)4)16-24-19-8-10-20(26-5)11-9-19/h7-12,14,16-17H,6,13,15H2,1-5H3. The van der Waals surface area contributed by atoms with Crippen LogP contribution >= 0.6 is 0 Å². The molecule has 3 rings (SSSR count). The van der Waals surface area contributed by atoms with Gasteiger partial charge in [0, 0.05) is 24.0 Å². The SMILES string of the molecule is CCCN1c2ccc(C=Nc3ccc(OC)cc3)cc2C(C)CC1(C)C. The lowest BCUT2D eigenvalue weighted by atomic mass is 9.79. The van der Waals surface area contributed by atoms with E-state index in [9.17, 15) is 0 Å². The van der Waals surface area contributed by atoms with Crippen LogP contribution in [0.4, 0.5) is 11.4 Å². The van der Waals surface area contributed by atoms with Gasteiger partial charge >= 0.3 is 0 Å². The fourth-order valence-electron chi connectivity index (χ4n) is 4.05. The van der Waals surface area contributed by atoms with Crippen LogP contribution in [0.1, 0.15) is 57.6 Å². The lowest BCUT2D eigenvalue weighted by Gasteiger charge is -2.47. The average Bonchev–Trinajstić information content (AvgIpc) is 2.63. The van der Waals surface area contributed by atoms with E-state index in [0.29, 0.717) is 5.92 Å². The van der Waals surface area contributed by atoms with Crippen molar-refractivity contribution >= 4 is 17.6 Å². The number of rotatable bonds is 5. The van der Waals surface area contributed by atoms with Crippen LogP contribution in [0, 0.1) is 0 Å². The lowest BCUT2D eigenvalue weighted by molar-refractivity contribution is 0.376. The van der Waals surface area contributed by atoms with Gasteiger partial charge in [0.1, 0.15) is 5.75 Å². The minimum absolute atomic E-state index is 0.209. The first-order valence-electron chi connectivity index (χ1n) is 9.54. The van der Waals surface area contributed by atoms with Crippen molar-refractivity contribution in [1.82, 2.24) is 0 Å². The third kappa shape index (κ3) is 3.77. The Morgan fingerprint density at radius 1 is 1.19 bits per heavy atom. The lowest BCUT2D eigenvalue weighted by Crippen LogP contribution is -2.48. The van der Waals surface area contributed by atoms with E-state index in [4.69, 9.17) is 4.74 Å². The third-order valence-electron chi connectivity index (χ3n) is 5.29. The Balaban J connectivity index is 1.87. The smallest absolute Gasteiger partial charge is 0.119 e. The highest BCUT2D eigenvalue weighted by atomic mass is 16.5. The topological polar surface area (TPSA) is 24.8 Å². The van der Waals surface area contributed by atoms with Crippen molar-refractivity contribution in [3.63, 3.8) is 0 Å². The van der Waals surface area contributed by atoms with Crippen LogP contribution in [0.3, 0.4) is 0 Å². The minimum Gasteiger partial charge on any atom is -0.497 e. The van der Waals surface area contributed by atoms with Crippen LogP contribution in [0.5, 0.6) is 5.75 Å². The summed E-state index contributed by atoms with van der Waals surface area (Å²) in [5.41, 5.74) is 5.13. The summed E-state index contributed by atoms with van der Waals surface area (Å²) < 4.78 is 5.20. The van der Waals surface area contributed by atoms with Gasteiger partial charge in [-0.25, -0.2) is 0 Å². The molecule has 0 bridgehead atoms. The summed E-state index contributed by atoms with van der Waals surface area (Å²) in [6, 6.07) is 14.6. The Bertz CT molecular complexity index is 777. The molecule has 0 saturated heterocycles. The molecule has 138 valence electrons. The first-order valence-corrected chi connectivity index (χ1v) is 9.54. The number of hydrogen-bond donors (Lipinski definition) is 0. The molecular formula is C23H30N2O. The van der Waals surface area contributed by atoms with Crippen LogP contribution < -0.4 is 9.64 Å². The molecule has 1 aliphatic rings. The van der Waals surface area contributed by atoms with Gasteiger partial charge in [-0.2, -0.15) is 0 Å². The van der Waals surface area contributed by atoms with Gasteiger partial charge in [-0.05, 0) is 80.1 Å². The highest BCUT2D eigenvalue weighted by Crippen LogP contribution is 2.43. The summed E-state index contributed by atoms with van der Waals surface area (Å²) in [5, 5.41) is 0. The molecule has 2 aromatic carbocycles. The summed E-state index contributed by atoms with van der Waals surface area (Å²) in [7, 11) is 1.68. The number of aliphatic imine (C=N–C) groups is 1. The van der Waals surface area contributed by atoms with E-state index in [1.165, 1.54) is 17.7 Å². The highest BCUT2D eigenvalue weighted by Gasteiger charge is 2.35. The summed E-state index contributed by atoms with van der Waals surface area (Å²) in [6.45, 7) is 10.4. The summed E-state index contributed by atoms with van der Waals surface area (Å²) in [5.74, 6) is 1.41. The van der Waals surface area contributed by atoms with E-state index in [2.05, 4.69) is 55.8 Å². The number of methoxy groups -OCH3 is 1. The first-order chi connectivity index (χ1) is 12.4. The molecule has 0 N–H and O–H groups in total. The Morgan fingerprint density at radius 3 is 2.58 bits per heavy atom. The largest absolute Gasteiger partial charge is 0.497 e. The molecule has 1 atom stereocenters. The zero-order valence-electron chi connectivity index (χ0n) is 16.6. The Hall–Kier alpha value is -2.29. The minimum atomic E-state index is 0.209. The van der Waals surface area contributed by atoms with Crippen LogP contribution in [0.15, 0.2) is 47.5 Å². The fourth-order valence-corrected chi connectivity index (χ4v) is 4.05. The number of hydrogen-bond acceptors (Lipinski definition) is 3. The van der Waals surface area contributed by atoms with Crippen molar-refractivity contribution < 1.29 is 4.74 Å². The zero-order chi connectivity index (χ0) is 18.7. The summed E-state index contributed by atoms with van der Waals surface area (Å²) >= 11 is 0. The van der Waals surface area contributed by atoms with E-state index in [-0.39, 0.29) is 5.54 Å². The van der Waals surface area contributed by atoms with Crippen molar-refractivity contribution in [3.05, 3.63) is 53.6 Å². The van der Waals surface area contributed by atoms with Gasteiger partial charge in [0.25, 0.3) is 0 Å². The molecule has 0 spiro atoms. The van der Waals surface area contributed by atoms with Crippen molar-refractivity contribution in [1.29, 1.82) is 0 Å². The van der Waals surface area contributed by atoms with Gasteiger partial charge < -0.3 is 9.64 Å². The second-order valence-corrected chi connectivity index (χ2v) is 7.84. The van der Waals surface area contributed by atoms with Crippen LogP contribution in [-0.2, 0) is 0 Å². The van der Waals surface area contributed by atoms with E-state index >= 15 is 0 Å². The monoisotopic (exact) mass is 350 g/mol. The van der Waals surface area contributed by atoms with Gasteiger partial charge in [-0.3, -0.25) is 4.99 Å². The molecule has 1 heterocycles. The predicted molar refractivity (Wildman–Crippen MR) is 111 cm³/mol. The third-order valence-corrected chi connectivity index (χ3v) is 5.29. The van der Waals surface area contributed by atoms with Crippen molar-refractivity contribution in [3.8, 4) is 5.75 Å². The van der Waals surface area contributed by atoms with E-state index in [0.717, 1.165) is 30.0 Å². The molecule has 3 nitrogen and oxygen atoms in total. The highest BCUT2D eigenvalue weighted by molar-refractivity contribution is 5.83. The maximum absolute atomic E-state index is 5.20. The van der Waals surface area contributed by atoms with Crippen molar-refractivity contribution in [2.45, 2.75) is 52.0 Å². The van der Waals surface area contributed by atoms with Crippen molar-refractivity contribution in [2.24, 2.45) is 4.99 Å². The molecule has 3 heteroatoms. The molecule has 1 unspecified atom stereocenters. The fraction of sp³-hybridized carbons (Fsp3) is 0.435. The van der Waals surface area contributed by atoms with Crippen LogP contribution in [0.25, 0.3) is 0 Å². The average molecular weight is 351 g/mol. The molecule has 0 aromatic heterocycles. The molecule has 2 aromatic rings. The molecule has 26 heavy (non-hydrogen) atoms. The Morgan fingerprint density at radius 2 is 1.92 bits per heavy atom. The molecule has 0 fully saturated rings. The molecular weight excluding hydrogens is 320 g/mol. The van der Waals surface area contributed by atoms with Gasteiger partial charge in [-0.1, -0.05) is 19.9 Å². The van der Waals surface area contributed by atoms with Crippen molar-refractivity contribution in [2.75, 3.05) is 18.6 Å². The number of ether oxygens (including phenoxy) is 1. The maximum Gasteiger partial charge on any atom is 0.119 e. The van der Waals surface area contributed by atoms with E-state index < -0.39 is 0 Å². The van der Waals surface area contributed by atoms with E-state index in [1.807, 2.05) is 30.5 Å². The maximum atomic E-state index is 5.20. The first kappa shape index (κ1) is 18.5. The molecule has 0 saturated carbocycles. The van der Waals surface area contributed by atoms with Crippen LogP contribution in [-0.4, -0.2) is 25.4 Å². The molecule has 0 aliphatic carbocycles. The molecule has 0 amide bonds. The molecule has 0 radical (unpaired) electrons. The number of anilines is 1. The second kappa shape index (κ2) is 7.53. The number of fused-ring (bicyclic) bond motifs is 1. The number of nitrogens with zero attached hydrogens (tertiary/aromatic N) is 2. The quantitative estimate of drug-likeness (QED) is 0.623. The van der Waals surface area contributed by atoms with Gasteiger partial charge in [-0.15, -0.1) is 0 Å². The van der Waals surface area contributed by atoms with Gasteiger partial charge in [0.05, 0.1) is 12.8 Å². The summed E-state index contributed by atoms with van der Waals surface area (Å²) in [6.07, 6.45) is 4.30. The Labute approximate surface area is 157 Å². The van der Waals surface area contributed by atoms with Gasteiger partial charge in [0.2, 0.25) is 0 Å². The van der Waals surface area contributed by atoms with Gasteiger partial charge in [0.15, 0.2) is 0 Å².